The molecule has 1 N–H and O–H groups in total. The molecule has 3 aromatic rings. The van der Waals surface area contributed by atoms with Gasteiger partial charge in [0.05, 0.1) is 34.1 Å². The van der Waals surface area contributed by atoms with E-state index in [1.54, 1.807) is 39.8 Å². The molecule has 6 nitrogen and oxygen atoms in total. The lowest BCUT2D eigenvalue weighted by Crippen LogP contribution is -2.00. The van der Waals surface area contributed by atoms with Crippen LogP contribution in [0, 0.1) is 0 Å². The summed E-state index contributed by atoms with van der Waals surface area (Å²) in [5.41, 5.74) is 2.86. The number of benzene rings is 2. The molecule has 0 fully saturated rings. The van der Waals surface area contributed by atoms with E-state index in [0.717, 1.165) is 33.5 Å². The van der Waals surface area contributed by atoms with Gasteiger partial charge in [-0.05, 0) is 29.8 Å². The van der Waals surface area contributed by atoms with E-state index in [9.17, 15) is 0 Å². The van der Waals surface area contributed by atoms with Crippen molar-refractivity contribution in [2.24, 2.45) is 0 Å². The van der Waals surface area contributed by atoms with Crippen molar-refractivity contribution >= 4 is 16.5 Å². The lowest BCUT2D eigenvalue weighted by molar-refractivity contribution is 0.354. The molecule has 0 atom stereocenters. The van der Waals surface area contributed by atoms with Gasteiger partial charge in [-0.1, -0.05) is 6.07 Å². The summed E-state index contributed by atoms with van der Waals surface area (Å²) < 4.78 is 21.3. The maximum atomic E-state index is 5.47. The van der Waals surface area contributed by atoms with Crippen molar-refractivity contribution in [2.45, 2.75) is 6.54 Å². The molecule has 0 aliphatic rings. The van der Waals surface area contributed by atoms with E-state index < -0.39 is 0 Å². The lowest BCUT2D eigenvalue weighted by Gasteiger charge is -2.10. The molecule has 0 bridgehead atoms. The van der Waals surface area contributed by atoms with Crippen LogP contribution >= 0.6 is 11.3 Å². The normalized spacial score (nSPS) is 10.4. The number of aromatic nitrogens is 1. The highest BCUT2D eigenvalue weighted by atomic mass is 32.1. The summed E-state index contributed by atoms with van der Waals surface area (Å²) in [6.07, 6.45) is 0. The van der Waals surface area contributed by atoms with Gasteiger partial charge in [0.1, 0.15) is 11.5 Å². The molecular formula is C20H22N2O4S. The minimum absolute atomic E-state index is 0.632. The largest absolute Gasteiger partial charge is 0.497 e. The molecule has 0 unspecified atom stereocenters. The molecule has 1 heterocycles. The highest BCUT2D eigenvalue weighted by molar-refractivity contribution is 7.14. The topological polar surface area (TPSA) is 61.8 Å². The van der Waals surface area contributed by atoms with Crippen LogP contribution in [0.1, 0.15) is 5.56 Å². The molecule has 0 amide bonds. The van der Waals surface area contributed by atoms with Crippen LogP contribution in [0.25, 0.3) is 11.3 Å². The van der Waals surface area contributed by atoms with Gasteiger partial charge in [-0.3, -0.25) is 0 Å². The molecule has 1 aromatic heterocycles. The van der Waals surface area contributed by atoms with E-state index in [-0.39, 0.29) is 0 Å². The van der Waals surface area contributed by atoms with Crippen LogP contribution in [0.5, 0.6) is 23.0 Å². The Morgan fingerprint density at radius 3 is 2.33 bits per heavy atom. The fraction of sp³-hybridized carbons (Fsp3) is 0.250. The molecule has 0 aliphatic heterocycles. The Balaban J connectivity index is 1.73. The third kappa shape index (κ3) is 4.25. The smallest absolute Gasteiger partial charge is 0.183 e. The van der Waals surface area contributed by atoms with Gasteiger partial charge in [-0.2, -0.15) is 0 Å². The minimum atomic E-state index is 0.632. The number of hydrogen-bond acceptors (Lipinski definition) is 7. The predicted octanol–water partition coefficient (Wildman–Crippen LogP) is 4.46. The van der Waals surface area contributed by atoms with Gasteiger partial charge in [-0.15, -0.1) is 11.3 Å². The van der Waals surface area contributed by atoms with Gasteiger partial charge < -0.3 is 24.3 Å². The molecule has 0 aliphatic carbocycles. The second-order valence-electron chi connectivity index (χ2n) is 5.65. The zero-order chi connectivity index (χ0) is 19.2. The number of anilines is 1. The van der Waals surface area contributed by atoms with E-state index in [1.165, 1.54) is 0 Å². The SMILES string of the molecule is COc1ccc(-c2csc(NCc3ccc(OC)c(OC)c3)n2)c(OC)c1. The van der Waals surface area contributed by atoms with Gasteiger partial charge in [0.15, 0.2) is 16.6 Å². The Kier molecular flexibility index (Phi) is 6.03. The van der Waals surface area contributed by atoms with Crippen molar-refractivity contribution in [2.75, 3.05) is 33.8 Å². The van der Waals surface area contributed by atoms with E-state index in [0.29, 0.717) is 18.0 Å². The van der Waals surface area contributed by atoms with E-state index in [4.69, 9.17) is 18.9 Å². The fourth-order valence-corrected chi connectivity index (χ4v) is 3.37. The second kappa shape index (κ2) is 8.64. The summed E-state index contributed by atoms with van der Waals surface area (Å²) in [5, 5.41) is 6.18. The Labute approximate surface area is 162 Å². The third-order valence-corrected chi connectivity index (χ3v) is 4.88. The summed E-state index contributed by atoms with van der Waals surface area (Å²) in [7, 11) is 6.53. The quantitative estimate of drug-likeness (QED) is 0.617. The first kappa shape index (κ1) is 18.8. The molecule has 0 radical (unpaired) electrons. The number of nitrogens with one attached hydrogen (secondary N) is 1. The molecule has 0 saturated heterocycles. The van der Waals surface area contributed by atoms with Gasteiger partial charge in [0.2, 0.25) is 0 Å². The number of ether oxygens (including phenoxy) is 4. The van der Waals surface area contributed by atoms with Crippen molar-refractivity contribution in [3.63, 3.8) is 0 Å². The molecule has 7 heteroatoms. The molecule has 3 rings (SSSR count). The first-order chi connectivity index (χ1) is 13.2. The fourth-order valence-electron chi connectivity index (χ4n) is 2.66. The predicted molar refractivity (Wildman–Crippen MR) is 108 cm³/mol. The lowest BCUT2D eigenvalue weighted by atomic mass is 10.1. The highest BCUT2D eigenvalue weighted by Crippen LogP contribution is 2.35. The average Bonchev–Trinajstić information content (AvgIpc) is 3.20. The summed E-state index contributed by atoms with van der Waals surface area (Å²) in [6, 6.07) is 11.5. The van der Waals surface area contributed by atoms with E-state index in [2.05, 4.69) is 10.3 Å². The van der Waals surface area contributed by atoms with Crippen LogP contribution in [0.2, 0.25) is 0 Å². The van der Waals surface area contributed by atoms with Crippen LogP contribution in [0.4, 0.5) is 5.13 Å². The maximum absolute atomic E-state index is 5.47. The monoisotopic (exact) mass is 386 g/mol. The van der Waals surface area contributed by atoms with Gasteiger partial charge in [0.25, 0.3) is 0 Å². The van der Waals surface area contributed by atoms with Gasteiger partial charge >= 0.3 is 0 Å². The van der Waals surface area contributed by atoms with Crippen LogP contribution in [-0.4, -0.2) is 33.4 Å². The van der Waals surface area contributed by atoms with Crippen molar-refractivity contribution in [1.82, 2.24) is 4.98 Å². The number of nitrogens with zero attached hydrogens (tertiary/aromatic N) is 1. The highest BCUT2D eigenvalue weighted by Gasteiger charge is 2.12. The standard InChI is InChI=1S/C20H22N2O4S/c1-23-14-6-7-15(18(10-14)25-3)16-12-27-20(22-16)21-11-13-5-8-17(24-2)19(9-13)26-4/h5-10,12H,11H2,1-4H3,(H,21,22). The maximum Gasteiger partial charge on any atom is 0.183 e. The van der Waals surface area contributed by atoms with Crippen molar-refractivity contribution in [3.05, 3.63) is 47.3 Å². The molecule has 142 valence electrons. The van der Waals surface area contributed by atoms with Crippen molar-refractivity contribution in [1.29, 1.82) is 0 Å². The number of thiazole rings is 1. The zero-order valence-electron chi connectivity index (χ0n) is 15.7. The Bertz CT molecular complexity index is 911. The number of hydrogen-bond donors (Lipinski definition) is 1. The second-order valence-corrected chi connectivity index (χ2v) is 6.51. The first-order valence-corrected chi connectivity index (χ1v) is 9.19. The van der Waals surface area contributed by atoms with Crippen LogP contribution < -0.4 is 24.3 Å². The Hall–Kier alpha value is -2.93. The average molecular weight is 386 g/mol. The third-order valence-electron chi connectivity index (χ3n) is 4.08. The Morgan fingerprint density at radius 2 is 1.63 bits per heavy atom. The van der Waals surface area contributed by atoms with Crippen molar-refractivity contribution in [3.8, 4) is 34.3 Å². The Morgan fingerprint density at radius 1 is 0.852 bits per heavy atom. The van der Waals surface area contributed by atoms with Gasteiger partial charge in [0, 0.05) is 23.6 Å². The molecular weight excluding hydrogens is 364 g/mol. The van der Waals surface area contributed by atoms with Gasteiger partial charge in [-0.25, -0.2) is 4.98 Å². The van der Waals surface area contributed by atoms with Crippen LogP contribution in [0.3, 0.4) is 0 Å². The first-order valence-electron chi connectivity index (χ1n) is 8.31. The summed E-state index contributed by atoms with van der Waals surface area (Å²) in [4.78, 5) is 4.67. The summed E-state index contributed by atoms with van der Waals surface area (Å²) in [5.74, 6) is 2.90. The summed E-state index contributed by atoms with van der Waals surface area (Å²) >= 11 is 1.55. The molecule has 2 aromatic carbocycles. The zero-order valence-corrected chi connectivity index (χ0v) is 16.6. The minimum Gasteiger partial charge on any atom is -0.497 e. The molecule has 0 saturated carbocycles. The molecule has 27 heavy (non-hydrogen) atoms. The van der Waals surface area contributed by atoms with Crippen molar-refractivity contribution < 1.29 is 18.9 Å². The van der Waals surface area contributed by atoms with E-state index >= 15 is 0 Å². The molecule has 0 spiro atoms. The number of methoxy groups -OCH3 is 4. The number of rotatable bonds is 8. The van der Waals surface area contributed by atoms with Crippen LogP contribution in [0.15, 0.2) is 41.8 Å². The van der Waals surface area contributed by atoms with E-state index in [1.807, 2.05) is 41.8 Å². The van der Waals surface area contributed by atoms with Crippen LogP contribution in [-0.2, 0) is 6.54 Å². The summed E-state index contributed by atoms with van der Waals surface area (Å²) in [6.45, 7) is 0.632.